The second kappa shape index (κ2) is 4.42. The minimum atomic E-state index is -4.34. The van der Waals surface area contributed by atoms with E-state index in [9.17, 15) is 18.1 Å². The normalized spacial score (nSPS) is 13.6. The van der Waals surface area contributed by atoms with Crippen LogP contribution in [0.25, 0.3) is 0 Å². The first kappa shape index (κ1) is 11.7. The van der Waals surface area contributed by atoms with Gasteiger partial charge in [-0.25, -0.2) is 0 Å². The van der Waals surface area contributed by atoms with Gasteiger partial charge >= 0.3 is 6.18 Å². The predicted octanol–water partition coefficient (Wildman–Crippen LogP) is 3.40. The fourth-order valence-electron chi connectivity index (χ4n) is 1.25. The van der Waals surface area contributed by atoms with Crippen molar-refractivity contribution in [3.63, 3.8) is 0 Å². The van der Waals surface area contributed by atoms with Crippen molar-refractivity contribution >= 4 is 0 Å². The molecule has 1 atom stereocenters. The summed E-state index contributed by atoms with van der Waals surface area (Å²) in [6, 6.07) is 4.42. The first-order valence-corrected chi connectivity index (χ1v) is 4.42. The van der Waals surface area contributed by atoms with Crippen molar-refractivity contribution in [2.75, 3.05) is 0 Å². The maximum atomic E-state index is 12.3. The Morgan fingerprint density at radius 1 is 1.40 bits per heavy atom. The molecule has 1 unspecified atom stereocenters. The molecule has 15 heavy (non-hydrogen) atoms. The van der Waals surface area contributed by atoms with E-state index in [0.29, 0.717) is 5.56 Å². The van der Waals surface area contributed by atoms with E-state index in [2.05, 4.69) is 5.18 Å². The monoisotopic (exact) mass is 217 g/mol. The lowest BCUT2D eigenvalue weighted by Crippen LogP contribution is -2.07. The molecule has 0 aliphatic carbocycles. The van der Waals surface area contributed by atoms with E-state index in [1.54, 1.807) is 13.0 Å². The molecule has 0 aromatic heterocycles. The van der Waals surface area contributed by atoms with Gasteiger partial charge in [0.05, 0.1) is 11.6 Å². The SMILES string of the molecule is CC(Cc1cccc(C(F)(F)F)c1)N=O. The molecule has 0 N–H and O–H groups in total. The molecule has 0 amide bonds. The number of hydrogen-bond donors (Lipinski definition) is 0. The third-order valence-corrected chi connectivity index (χ3v) is 1.97. The highest BCUT2D eigenvalue weighted by atomic mass is 19.4. The lowest BCUT2D eigenvalue weighted by molar-refractivity contribution is -0.137. The third kappa shape index (κ3) is 3.34. The van der Waals surface area contributed by atoms with Crippen molar-refractivity contribution in [1.29, 1.82) is 0 Å². The lowest BCUT2D eigenvalue weighted by Gasteiger charge is -2.09. The Balaban J connectivity index is 2.88. The molecule has 5 heteroatoms. The largest absolute Gasteiger partial charge is 0.416 e. The highest BCUT2D eigenvalue weighted by Crippen LogP contribution is 2.29. The van der Waals surface area contributed by atoms with Gasteiger partial charge in [0.2, 0.25) is 0 Å². The Morgan fingerprint density at radius 3 is 2.60 bits per heavy atom. The molecule has 0 bridgehead atoms. The van der Waals surface area contributed by atoms with Crippen molar-refractivity contribution < 1.29 is 13.2 Å². The first-order chi connectivity index (χ1) is 6.93. The van der Waals surface area contributed by atoms with Gasteiger partial charge in [-0.05, 0) is 25.0 Å². The fraction of sp³-hybridized carbons (Fsp3) is 0.400. The molecule has 1 aromatic carbocycles. The van der Waals surface area contributed by atoms with Gasteiger partial charge in [-0.3, -0.25) is 0 Å². The zero-order valence-corrected chi connectivity index (χ0v) is 8.08. The van der Waals surface area contributed by atoms with Gasteiger partial charge in [-0.1, -0.05) is 23.4 Å². The van der Waals surface area contributed by atoms with Crippen molar-refractivity contribution in [3.05, 3.63) is 40.3 Å². The van der Waals surface area contributed by atoms with E-state index in [1.165, 1.54) is 6.07 Å². The van der Waals surface area contributed by atoms with Crippen LogP contribution in [0.15, 0.2) is 29.4 Å². The maximum absolute atomic E-state index is 12.3. The topological polar surface area (TPSA) is 29.4 Å². The molecule has 0 radical (unpaired) electrons. The van der Waals surface area contributed by atoms with Crippen LogP contribution in [0.1, 0.15) is 18.1 Å². The zero-order valence-electron chi connectivity index (χ0n) is 8.08. The summed E-state index contributed by atoms with van der Waals surface area (Å²) in [6.07, 6.45) is -4.11. The minimum absolute atomic E-state index is 0.230. The van der Waals surface area contributed by atoms with Gasteiger partial charge in [0.25, 0.3) is 0 Å². The minimum Gasteiger partial charge on any atom is -0.166 e. The average molecular weight is 217 g/mol. The number of benzene rings is 1. The molecule has 0 fully saturated rings. The summed E-state index contributed by atoms with van der Waals surface area (Å²) in [5.41, 5.74) is -0.227. The molecule has 0 aliphatic rings. The van der Waals surface area contributed by atoms with E-state index in [-0.39, 0.29) is 6.42 Å². The van der Waals surface area contributed by atoms with Crippen LogP contribution in [0.5, 0.6) is 0 Å². The number of nitrogens with zero attached hydrogens (tertiary/aromatic N) is 1. The van der Waals surface area contributed by atoms with Crippen molar-refractivity contribution in [1.82, 2.24) is 0 Å². The number of nitroso groups, excluding NO2 is 1. The van der Waals surface area contributed by atoms with Crippen LogP contribution in [0, 0.1) is 4.91 Å². The maximum Gasteiger partial charge on any atom is 0.416 e. The van der Waals surface area contributed by atoms with Gasteiger partial charge < -0.3 is 0 Å². The summed E-state index contributed by atoms with van der Waals surface area (Å²) >= 11 is 0. The molecule has 0 saturated heterocycles. The lowest BCUT2D eigenvalue weighted by atomic mass is 10.0. The van der Waals surface area contributed by atoms with Gasteiger partial charge in [0, 0.05) is 0 Å². The molecule has 82 valence electrons. The van der Waals surface area contributed by atoms with Gasteiger partial charge in [-0.2, -0.15) is 18.1 Å². The predicted molar refractivity (Wildman–Crippen MR) is 50.4 cm³/mol. The van der Waals surface area contributed by atoms with E-state index < -0.39 is 17.8 Å². The molecular weight excluding hydrogens is 207 g/mol. The Bertz CT molecular complexity index is 349. The number of hydrogen-bond acceptors (Lipinski definition) is 2. The van der Waals surface area contributed by atoms with Crippen LogP contribution in [0.3, 0.4) is 0 Å². The molecule has 2 nitrogen and oxygen atoms in total. The Labute approximate surface area is 85.1 Å². The Kier molecular flexibility index (Phi) is 3.44. The molecule has 1 aromatic rings. The molecule has 1 rings (SSSR count). The Hall–Kier alpha value is -1.39. The summed E-state index contributed by atoms with van der Waals surface area (Å²) < 4.78 is 36.9. The average Bonchev–Trinajstić information content (AvgIpc) is 2.17. The zero-order chi connectivity index (χ0) is 11.5. The van der Waals surface area contributed by atoms with E-state index in [1.807, 2.05) is 0 Å². The number of rotatable bonds is 3. The molecule has 0 heterocycles. The summed E-state index contributed by atoms with van der Waals surface area (Å²) in [4.78, 5) is 10.1. The van der Waals surface area contributed by atoms with Gasteiger partial charge in [-0.15, -0.1) is 0 Å². The van der Waals surface area contributed by atoms with Crippen molar-refractivity contribution in [2.45, 2.75) is 25.6 Å². The number of alkyl halides is 3. The van der Waals surface area contributed by atoms with Gasteiger partial charge in [0.1, 0.15) is 0 Å². The van der Waals surface area contributed by atoms with Crippen LogP contribution < -0.4 is 0 Å². The summed E-state index contributed by atoms with van der Waals surface area (Å²) in [5.74, 6) is 0. The Morgan fingerprint density at radius 2 is 2.07 bits per heavy atom. The molecule has 0 aliphatic heterocycles. The second-order valence-electron chi connectivity index (χ2n) is 3.36. The van der Waals surface area contributed by atoms with E-state index >= 15 is 0 Å². The molecule has 0 spiro atoms. The van der Waals surface area contributed by atoms with Crippen molar-refractivity contribution in [2.24, 2.45) is 5.18 Å². The molecular formula is C10H10F3NO. The van der Waals surface area contributed by atoms with E-state index in [0.717, 1.165) is 12.1 Å². The summed E-state index contributed by atoms with van der Waals surface area (Å²) in [7, 11) is 0. The van der Waals surface area contributed by atoms with Crippen LogP contribution in [-0.2, 0) is 12.6 Å². The smallest absolute Gasteiger partial charge is 0.166 e. The standard InChI is InChI=1S/C10H10F3NO/c1-7(14-15)5-8-3-2-4-9(6-8)10(11,12)13/h2-4,6-7H,5H2,1H3. The third-order valence-electron chi connectivity index (χ3n) is 1.97. The highest BCUT2D eigenvalue weighted by Gasteiger charge is 2.30. The van der Waals surface area contributed by atoms with Gasteiger partial charge in [0.15, 0.2) is 0 Å². The molecule has 0 saturated carbocycles. The summed E-state index contributed by atoms with van der Waals surface area (Å²) in [6.45, 7) is 1.56. The second-order valence-corrected chi connectivity index (χ2v) is 3.36. The fourth-order valence-corrected chi connectivity index (χ4v) is 1.25. The van der Waals surface area contributed by atoms with Crippen molar-refractivity contribution in [3.8, 4) is 0 Å². The quantitative estimate of drug-likeness (QED) is 0.713. The van der Waals surface area contributed by atoms with Crippen LogP contribution >= 0.6 is 0 Å². The number of halogens is 3. The van der Waals surface area contributed by atoms with Crippen LogP contribution in [0.2, 0.25) is 0 Å². The summed E-state index contributed by atoms with van der Waals surface area (Å²) in [5, 5.41) is 2.74. The van der Waals surface area contributed by atoms with Crippen LogP contribution in [0.4, 0.5) is 13.2 Å². The highest BCUT2D eigenvalue weighted by molar-refractivity contribution is 5.26. The van der Waals surface area contributed by atoms with E-state index in [4.69, 9.17) is 0 Å². The first-order valence-electron chi connectivity index (χ1n) is 4.42. The van der Waals surface area contributed by atoms with Crippen LogP contribution in [-0.4, -0.2) is 6.04 Å².